The summed E-state index contributed by atoms with van der Waals surface area (Å²) in [5.74, 6) is 0.865. The van der Waals surface area contributed by atoms with Crippen molar-refractivity contribution in [1.82, 2.24) is 14.3 Å². The van der Waals surface area contributed by atoms with Gasteiger partial charge in [0.15, 0.2) is 5.13 Å². The fourth-order valence-corrected chi connectivity index (χ4v) is 6.95. The monoisotopic (exact) mass is 596 g/mol. The van der Waals surface area contributed by atoms with Gasteiger partial charge in [-0.15, -0.1) is 0 Å². The van der Waals surface area contributed by atoms with E-state index in [9.17, 15) is 13.2 Å². The highest BCUT2D eigenvalue weighted by atomic mass is 32.2. The van der Waals surface area contributed by atoms with E-state index < -0.39 is 10.0 Å². The Labute approximate surface area is 245 Å². The quantitative estimate of drug-likeness (QED) is 0.172. The van der Waals surface area contributed by atoms with Crippen molar-refractivity contribution in [2.24, 2.45) is 0 Å². The Morgan fingerprint density at radius 2 is 1.56 bits per heavy atom. The summed E-state index contributed by atoms with van der Waals surface area (Å²) in [5.41, 5.74) is 1.61. The summed E-state index contributed by atoms with van der Waals surface area (Å²) in [4.78, 5) is 24.8. The smallest absolute Gasteiger partial charge is 0.260 e. The van der Waals surface area contributed by atoms with Crippen LogP contribution in [0.15, 0.2) is 65.7 Å². The van der Waals surface area contributed by atoms with E-state index in [4.69, 9.17) is 14.5 Å². The van der Waals surface area contributed by atoms with Gasteiger partial charge in [0.05, 0.1) is 31.4 Å². The molecule has 2 heterocycles. The van der Waals surface area contributed by atoms with Gasteiger partial charge in [0, 0.05) is 24.8 Å². The molecule has 0 fully saturated rings. The highest BCUT2D eigenvalue weighted by Gasteiger charge is 2.27. The summed E-state index contributed by atoms with van der Waals surface area (Å²) < 4.78 is 40.2. The van der Waals surface area contributed by atoms with Crippen LogP contribution in [0.2, 0.25) is 0 Å². The van der Waals surface area contributed by atoms with Gasteiger partial charge in [0.25, 0.3) is 5.91 Å². The van der Waals surface area contributed by atoms with Gasteiger partial charge in [-0.2, -0.15) is 4.31 Å². The molecule has 1 amide bonds. The molecule has 0 N–H and O–H groups in total. The van der Waals surface area contributed by atoms with E-state index in [1.54, 1.807) is 53.9 Å². The second-order valence-corrected chi connectivity index (χ2v) is 12.4. The summed E-state index contributed by atoms with van der Waals surface area (Å²) in [6, 6.07) is 15.2. The molecule has 0 aliphatic rings. The Morgan fingerprint density at radius 1 is 0.902 bits per heavy atom. The number of methoxy groups -OCH3 is 2. The summed E-state index contributed by atoms with van der Waals surface area (Å²) >= 11 is 1.31. The molecule has 2 aromatic heterocycles. The Hall–Kier alpha value is -3.54. The van der Waals surface area contributed by atoms with Crippen LogP contribution in [0.5, 0.6) is 11.5 Å². The molecule has 4 aromatic rings. The number of rotatable bonds is 14. The Kier molecular flexibility index (Phi) is 10.3. The molecule has 4 rings (SSSR count). The summed E-state index contributed by atoms with van der Waals surface area (Å²) in [5, 5.41) is 0.445. The minimum absolute atomic E-state index is 0.173. The zero-order valence-electron chi connectivity index (χ0n) is 23.9. The third kappa shape index (κ3) is 6.86. The molecule has 9 nitrogen and oxygen atoms in total. The topological polar surface area (TPSA) is 102 Å². The number of thiazole rings is 1. The van der Waals surface area contributed by atoms with E-state index in [0.29, 0.717) is 46.5 Å². The second-order valence-electron chi connectivity index (χ2n) is 9.49. The first-order valence-corrected chi connectivity index (χ1v) is 15.9. The lowest BCUT2D eigenvalue weighted by Gasteiger charge is -2.22. The van der Waals surface area contributed by atoms with Gasteiger partial charge in [-0.3, -0.25) is 14.7 Å². The molecule has 0 atom stereocenters. The number of benzene rings is 2. The molecular weight excluding hydrogens is 560 g/mol. The number of pyridine rings is 1. The maximum atomic E-state index is 14.0. The van der Waals surface area contributed by atoms with Gasteiger partial charge in [-0.05, 0) is 61.4 Å². The van der Waals surface area contributed by atoms with Gasteiger partial charge in [-0.1, -0.05) is 44.1 Å². The largest absolute Gasteiger partial charge is 0.495 e. The molecule has 2 aromatic carbocycles. The molecule has 218 valence electrons. The molecule has 0 aliphatic carbocycles. The molecule has 0 saturated carbocycles. The SMILES string of the molecule is CCCCN(CCCC)S(=O)(=O)c1ccc(C(=O)N(Cc2ccccn2)c2nc3c(OC)ccc(OC)c3s2)cc1. The number of hydrogen-bond donors (Lipinski definition) is 0. The molecular formula is C30H36N4O5S2. The van der Waals surface area contributed by atoms with Gasteiger partial charge in [-0.25, -0.2) is 13.4 Å². The van der Waals surface area contributed by atoms with Gasteiger partial charge in [0.2, 0.25) is 10.0 Å². The Balaban J connectivity index is 1.70. The number of carbonyl (C=O) groups excluding carboxylic acids is 1. The van der Waals surface area contributed by atoms with Crippen LogP contribution in [0.3, 0.4) is 0 Å². The van der Waals surface area contributed by atoms with Crippen LogP contribution >= 0.6 is 11.3 Å². The number of amides is 1. The number of nitrogens with zero attached hydrogens (tertiary/aromatic N) is 4. The lowest BCUT2D eigenvalue weighted by atomic mass is 10.2. The highest BCUT2D eigenvalue weighted by molar-refractivity contribution is 7.89. The number of carbonyl (C=O) groups is 1. The minimum Gasteiger partial charge on any atom is -0.495 e. The number of ether oxygens (including phenoxy) is 2. The minimum atomic E-state index is -3.68. The standard InChI is InChI=1S/C30H36N4O5S2/c1-5-7-19-33(20-8-6-2)41(36,37)24-14-12-22(13-15-24)29(35)34(21-23-11-9-10-18-31-23)30-32-27-25(38-3)16-17-26(39-4)28(27)40-30/h9-18H,5-8,19-21H2,1-4H3. The summed E-state index contributed by atoms with van der Waals surface area (Å²) in [6.07, 6.45) is 5.06. The Bertz CT molecular complexity index is 1510. The number of anilines is 1. The zero-order chi connectivity index (χ0) is 29.4. The highest BCUT2D eigenvalue weighted by Crippen LogP contribution is 2.40. The van der Waals surface area contributed by atoms with Crippen LogP contribution in [0.1, 0.15) is 55.6 Å². The first-order chi connectivity index (χ1) is 19.8. The van der Waals surface area contributed by atoms with Crippen molar-refractivity contribution in [2.45, 2.75) is 51.0 Å². The van der Waals surface area contributed by atoms with E-state index in [2.05, 4.69) is 4.98 Å². The Morgan fingerprint density at radius 3 is 2.15 bits per heavy atom. The summed E-state index contributed by atoms with van der Waals surface area (Å²) in [7, 11) is -0.532. The molecule has 0 radical (unpaired) electrons. The fourth-order valence-electron chi connectivity index (χ4n) is 4.37. The number of aromatic nitrogens is 2. The van der Waals surface area contributed by atoms with Crippen LogP contribution in [0, 0.1) is 0 Å². The first kappa shape index (κ1) is 30.4. The van der Waals surface area contributed by atoms with E-state index in [1.165, 1.54) is 23.5 Å². The lowest BCUT2D eigenvalue weighted by Crippen LogP contribution is -2.33. The predicted molar refractivity (Wildman–Crippen MR) is 162 cm³/mol. The van der Waals surface area contributed by atoms with E-state index in [-0.39, 0.29) is 17.3 Å². The predicted octanol–water partition coefficient (Wildman–Crippen LogP) is 6.15. The van der Waals surface area contributed by atoms with Crippen molar-refractivity contribution < 1.29 is 22.7 Å². The van der Waals surface area contributed by atoms with Crippen LogP contribution in [0.4, 0.5) is 5.13 Å². The molecule has 0 bridgehead atoms. The maximum Gasteiger partial charge on any atom is 0.260 e. The van der Waals surface area contributed by atoms with Crippen molar-refractivity contribution in [3.63, 3.8) is 0 Å². The van der Waals surface area contributed by atoms with Crippen molar-refractivity contribution in [3.05, 3.63) is 72.1 Å². The van der Waals surface area contributed by atoms with Crippen molar-refractivity contribution >= 4 is 42.6 Å². The van der Waals surface area contributed by atoms with E-state index in [1.807, 2.05) is 32.0 Å². The molecule has 41 heavy (non-hydrogen) atoms. The van der Waals surface area contributed by atoms with Gasteiger partial charge in [0.1, 0.15) is 21.7 Å². The number of fused-ring (bicyclic) bond motifs is 1. The van der Waals surface area contributed by atoms with Crippen LogP contribution in [0.25, 0.3) is 10.2 Å². The third-order valence-electron chi connectivity index (χ3n) is 6.68. The van der Waals surface area contributed by atoms with Gasteiger partial charge < -0.3 is 9.47 Å². The average Bonchev–Trinajstić information content (AvgIpc) is 3.45. The summed E-state index contributed by atoms with van der Waals surface area (Å²) in [6.45, 7) is 5.20. The fraction of sp³-hybridized carbons (Fsp3) is 0.367. The number of unbranched alkanes of at least 4 members (excludes halogenated alkanes) is 2. The third-order valence-corrected chi connectivity index (χ3v) is 9.69. The molecule has 0 aliphatic heterocycles. The molecule has 0 spiro atoms. The van der Waals surface area contributed by atoms with E-state index >= 15 is 0 Å². The zero-order valence-corrected chi connectivity index (χ0v) is 25.5. The normalized spacial score (nSPS) is 11.6. The number of hydrogen-bond acceptors (Lipinski definition) is 8. The van der Waals surface area contributed by atoms with Crippen molar-refractivity contribution in [1.29, 1.82) is 0 Å². The van der Waals surface area contributed by atoms with Gasteiger partial charge >= 0.3 is 0 Å². The number of sulfonamides is 1. The molecule has 11 heteroatoms. The second kappa shape index (κ2) is 13.9. The van der Waals surface area contributed by atoms with Crippen molar-refractivity contribution in [2.75, 3.05) is 32.2 Å². The lowest BCUT2D eigenvalue weighted by molar-refractivity contribution is 0.0984. The maximum absolute atomic E-state index is 14.0. The molecule has 0 saturated heterocycles. The molecule has 0 unspecified atom stereocenters. The van der Waals surface area contributed by atoms with Crippen molar-refractivity contribution in [3.8, 4) is 11.5 Å². The average molecular weight is 597 g/mol. The van der Waals surface area contributed by atoms with E-state index in [0.717, 1.165) is 30.4 Å². The van der Waals surface area contributed by atoms with Crippen LogP contribution < -0.4 is 14.4 Å². The van der Waals surface area contributed by atoms with Crippen LogP contribution in [-0.4, -0.2) is 55.9 Å². The van der Waals surface area contributed by atoms with Crippen LogP contribution in [-0.2, 0) is 16.6 Å². The first-order valence-electron chi connectivity index (χ1n) is 13.7.